The molecule has 0 bridgehead atoms. The average Bonchev–Trinajstić information content (AvgIpc) is 2.84. The van der Waals surface area contributed by atoms with E-state index in [2.05, 4.69) is 19.2 Å². The van der Waals surface area contributed by atoms with E-state index >= 15 is 0 Å². The summed E-state index contributed by atoms with van der Waals surface area (Å²) in [4.78, 5) is 29.2. The molecule has 3 aromatic rings. The van der Waals surface area contributed by atoms with Crippen molar-refractivity contribution >= 4 is 17.7 Å². The number of esters is 1. The van der Waals surface area contributed by atoms with Crippen LogP contribution >= 0.6 is 0 Å². The number of aromatic nitrogens is 1. The van der Waals surface area contributed by atoms with Crippen LogP contribution < -0.4 is 11.1 Å². The number of benzene rings is 2. The van der Waals surface area contributed by atoms with Gasteiger partial charge >= 0.3 is 12.1 Å². The lowest BCUT2D eigenvalue weighted by Gasteiger charge is -2.21. The van der Waals surface area contributed by atoms with Crippen molar-refractivity contribution in [3.63, 3.8) is 0 Å². The molecule has 0 radical (unpaired) electrons. The first kappa shape index (κ1) is 25.9. The Hall–Kier alpha value is -3.71. The van der Waals surface area contributed by atoms with Crippen LogP contribution in [0.15, 0.2) is 48.5 Å². The molecule has 7 nitrogen and oxygen atoms in total. The fourth-order valence-corrected chi connectivity index (χ4v) is 3.91. The van der Waals surface area contributed by atoms with Crippen LogP contribution in [0.4, 0.5) is 10.5 Å². The number of nitrogens with zero attached hydrogens (tertiary/aromatic N) is 1. The van der Waals surface area contributed by atoms with Gasteiger partial charge < -0.3 is 15.2 Å². The van der Waals surface area contributed by atoms with Crippen molar-refractivity contribution < 1.29 is 19.1 Å². The van der Waals surface area contributed by atoms with Crippen LogP contribution in [0.1, 0.15) is 52.3 Å². The highest BCUT2D eigenvalue weighted by Gasteiger charge is 2.21. The van der Waals surface area contributed by atoms with Crippen LogP contribution in [0.3, 0.4) is 0 Å². The van der Waals surface area contributed by atoms with Gasteiger partial charge in [0.05, 0.1) is 24.1 Å². The fraction of sp³-hybridized carbons (Fsp3) is 0.321. The summed E-state index contributed by atoms with van der Waals surface area (Å²) in [6.07, 6.45) is 0.193. The number of hydrogen-bond donors (Lipinski definition) is 2. The first-order chi connectivity index (χ1) is 16.7. The molecule has 1 amide bonds. The summed E-state index contributed by atoms with van der Waals surface area (Å²) in [6, 6.07) is 14.8. The third kappa shape index (κ3) is 6.45. The van der Waals surface area contributed by atoms with E-state index in [0.717, 1.165) is 39.9 Å². The molecule has 0 aliphatic rings. The van der Waals surface area contributed by atoms with E-state index in [1.165, 1.54) is 7.11 Å². The molecule has 1 heterocycles. The van der Waals surface area contributed by atoms with Crippen LogP contribution in [0.25, 0.3) is 11.1 Å². The second kappa shape index (κ2) is 11.6. The quantitative estimate of drug-likeness (QED) is 0.414. The monoisotopic (exact) mass is 475 g/mol. The zero-order chi connectivity index (χ0) is 25.5. The number of methoxy groups -OCH3 is 1. The number of pyridine rings is 1. The first-order valence-corrected chi connectivity index (χ1v) is 11.6. The molecule has 0 aliphatic heterocycles. The summed E-state index contributed by atoms with van der Waals surface area (Å²) >= 11 is 0. The largest absolute Gasteiger partial charge is 0.465 e. The number of aryl methyl sites for hydroxylation is 2. The first-order valence-electron chi connectivity index (χ1n) is 11.6. The molecule has 3 rings (SSSR count). The van der Waals surface area contributed by atoms with Crippen molar-refractivity contribution in [1.82, 2.24) is 4.98 Å². The summed E-state index contributed by atoms with van der Waals surface area (Å²) in [5.74, 6) is -0.00847. The lowest BCUT2D eigenvalue weighted by atomic mass is 9.92. The Morgan fingerprint density at radius 2 is 1.69 bits per heavy atom. The third-order valence-corrected chi connectivity index (χ3v) is 5.68. The van der Waals surface area contributed by atoms with Crippen LogP contribution in [-0.2, 0) is 29.0 Å². The molecule has 0 unspecified atom stereocenters. The van der Waals surface area contributed by atoms with E-state index in [0.29, 0.717) is 29.4 Å². The molecule has 35 heavy (non-hydrogen) atoms. The maximum absolute atomic E-state index is 12.8. The Bertz CT molecular complexity index is 1190. The summed E-state index contributed by atoms with van der Waals surface area (Å²) in [7, 11) is 1.33. The molecular formula is C28H33N3O4. The molecular weight excluding hydrogens is 442 g/mol. The van der Waals surface area contributed by atoms with Crippen molar-refractivity contribution in [2.24, 2.45) is 11.7 Å². The van der Waals surface area contributed by atoms with Crippen LogP contribution in [-0.4, -0.2) is 24.2 Å². The molecule has 0 spiro atoms. The van der Waals surface area contributed by atoms with Gasteiger partial charge in [-0.2, -0.15) is 0 Å². The third-order valence-electron chi connectivity index (χ3n) is 5.68. The van der Waals surface area contributed by atoms with Gasteiger partial charge in [0, 0.05) is 17.8 Å². The topological polar surface area (TPSA) is 104 Å². The lowest BCUT2D eigenvalue weighted by Crippen LogP contribution is -2.18. The number of ether oxygens (including phenoxy) is 2. The van der Waals surface area contributed by atoms with Gasteiger partial charge in [0.15, 0.2) is 0 Å². The standard InChI is InChI=1S/C28H33N3O4/c1-17(2)14-24-23(15-29)25(21-10-6-18(3)7-11-21)26(19(4)30-24)31-28(33)35-16-20-8-12-22(13-9-20)27(32)34-5/h6-13,17H,14-16,29H2,1-5H3,(H,31,33). The van der Waals surface area contributed by atoms with Crippen molar-refractivity contribution in [3.05, 3.63) is 82.2 Å². The van der Waals surface area contributed by atoms with Gasteiger partial charge in [-0.1, -0.05) is 55.8 Å². The van der Waals surface area contributed by atoms with Crippen LogP contribution in [0, 0.1) is 19.8 Å². The number of carbonyl (C=O) groups is 2. The van der Waals surface area contributed by atoms with Crippen molar-refractivity contribution in [2.45, 2.75) is 47.3 Å². The number of anilines is 1. The van der Waals surface area contributed by atoms with E-state index in [1.807, 2.05) is 38.1 Å². The van der Waals surface area contributed by atoms with E-state index in [9.17, 15) is 9.59 Å². The van der Waals surface area contributed by atoms with Gasteiger partial charge in [-0.25, -0.2) is 9.59 Å². The molecule has 184 valence electrons. The van der Waals surface area contributed by atoms with Gasteiger partial charge in [-0.15, -0.1) is 0 Å². The van der Waals surface area contributed by atoms with Gasteiger partial charge in [-0.05, 0) is 55.0 Å². The summed E-state index contributed by atoms with van der Waals surface area (Å²) < 4.78 is 10.2. The van der Waals surface area contributed by atoms with Crippen molar-refractivity contribution in [1.29, 1.82) is 0 Å². The minimum Gasteiger partial charge on any atom is -0.465 e. The van der Waals surface area contributed by atoms with Crippen LogP contribution in [0.2, 0.25) is 0 Å². The Morgan fingerprint density at radius 1 is 1.03 bits per heavy atom. The second-order valence-corrected chi connectivity index (χ2v) is 8.93. The molecule has 2 aromatic carbocycles. The summed E-state index contributed by atoms with van der Waals surface area (Å²) in [6.45, 7) is 8.55. The highest BCUT2D eigenvalue weighted by atomic mass is 16.5. The maximum atomic E-state index is 12.8. The number of amides is 1. The van der Waals surface area contributed by atoms with Gasteiger partial charge in [0.1, 0.15) is 6.61 Å². The molecule has 0 saturated carbocycles. The average molecular weight is 476 g/mol. The zero-order valence-corrected chi connectivity index (χ0v) is 21.0. The molecule has 7 heteroatoms. The van der Waals surface area contributed by atoms with E-state index in [1.54, 1.807) is 24.3 Å². The highest BCUT2D eigenvalue weighted by molar-refractivity contribution is 5.94. The smallest absolute Gasteiger partial charge is 0.412 e. The summed E-state index contributed by atoms with van der Waals surface area (Å²) in [5.41, 5.74) is 13.5. The van der Waals surface area contributed by atoms with Gasteiger partial charge in [0.25, 0.3) is 0 Å². The normalized spacial score (nSPS) is 10.8. The SMILES string of the molecule is COC(=O)c1ccc(COC(=O)Nc2c(C)nc(CC(C)C)c(CN)c2-c2ccc(C)cc2)cc1. The van der Waals surface area contributed by atoms with Gasteiger partial charge in [-0.3, -0.25) is 10.3 Å². The number of nitrogens with two attached hydrogens (primary N) is 1. The van der Waals surface area contributed by atoms with E-state index in [4.69, 9.17) is 20.2 Å². The molecule has 3 N–H and O–H groups in total. The molecule has 0 saturated heterocycles. The predicted octanol–water partition coefficient (Wildman–Crippen LogP) is 5.56. The fourth-order valence-electron chi connectivity index (χ4n) is 3.91. The Kier molecular flexibility index (Phi) is 8.60. The molecule has 1 aromatic heterocycles. The number of carbonyl (C=O) groups excluding carboxylic acids is 2. The van der Waals surface area contributed by atoms with E-state index < -0.39 is 12.1 Å². The second-order valence-electron chi connectivity index (χ2n) is 8.93. The van der Waals surface area contributed by atoms with Crippen molar-refractivity contribution in [2.75, 3.05) is 12.4 Å². The lowest BCUT2D eigenvalue weighted by molar-refractivity contribution is 0.0600. The Labute approximate surface area is 206 Å². The molecule has 0 fully saturated rings. The number of nitrogens with one attached hydrogen (secondary N) is 1. The zero-order valence-electron chi connectivity index (χ0n) is 21.0. The maximum Gasteiger partial charge on any atom is 0.412 e. The minimum atomic E-state index is -0.597. The molecule has 0 atom stereocenters. The Balaban J connectivity index is 1.89. The van der Waals surface area contributed by atoms with Gasteiger partial charge in [0.2, 0.25) is 0 Å². The van der Waals surface area contributed by atoms with E-state index in [-0.39, 0.29) is 6.61 Å². The summed E-state index contributed by atoms with van der Waals surface area (Å²) in [5, 5.41) is 2.90. The van der Waals surface area contributed by atoms with Crippen LogP contribution in [0.5, 0.6) is 0 Å². The number of hydrogen-bond acceptors (Lipinski definition) is 6. The highest BCUT2D eigenvalue weighted by Crippen LogP contribution is 2.36. The number of rotatable bonds is 8. The Morgan fingerprint density at radius 3 is 2.26 bits per heavy atom. The minimum absolute atomic E-state index is 0.0504. The predicted molar refractivity (Wildman–Crippen MR) is 137 cm³/mol. The van der Waals surface area contributed by atoms with Crippen molar-refractivity contribution in [3.8, 4) is 11.1 Å². The molecule has 0 aliphatic carbocycles.